The Morgan fingerprint density at radius 3 is 2.55 bits per heavy atom. The van der Waals surface area contributed by atoms with E-state index in [1.807, 2.05) is 0 Å². The largest absolute Gasteiger partial charge is 0.481 e. The molecule has 2 aromatic rings. The number of benzene rings is 1. The summed E-state index contributed by atoms with van der Waals surface area (Å²) in [6.07, 6.45) is 0.451. The van der Waals surface area contributed by atoms with Gasteiger partial charge in [-0.2, -0.15) is 4.98 Å². The van der Waals surface area contributed by atoms with Crippen LogP contribution < -0.4 is 15.8 Å². The summed E-state index contributed by atoms with van der Waals surface area (Å²) in [5, 5.41) is 3.01. The van der Waals surface area contributed by atoms with Gasteiger partial charge in [0.2, 0.25) is 5.88 Å². The van der Waals surface area contributed by atoms with E-state index < -0.39 is 11.6 Å². The number of ether oxygens (including phenoxy) is 1. The number of nitrogens with one attached hydrogen (secondary N) is 1. The molecule has 0 saturated carbocycles. The van der Waals surface area contributed by atoms with E-state index in [9.17, 15) is 8.78 Å². The van der Waals surface area contributed by atoms with Gasteiger partial charge in [0.15, 0.2) is 5.82 Å². The highest BCUT2D eigenvalue weighted by molar-refractivity contribution is 5.61. The normalized spacial score (nSPS) is 10.3. The Morgan fingerprint density at radius 2 is 1.90 bits per heavy atom. The molecule has 0 atom stereocenters. The van der Waals surface area contributed by atoms with Crippen LogP contribution in [0.3, 0.4) is 0 Å². The minimum Gasteiger partial charge on any atom is -0.481 e. The fraction of sp³-hybridized carbons (Fsp3) is 0.214. The first-order chi connectivity index (χ1) is 9.58. The fourth-order valence-electron chi connectivity index (χ4n) is 1.79. The van der Waals surface area contributed by atoms with Crippen molar-refractivity contribution in [2.75, 3.05) is 24.7 Å². The lowest BCUT2D eigenvalue weighted by molar-refractivity contribution is 0.398. The number of aromatic nitrogens is 1. The number of nitrogens with two attached hydrogens (primary N) is 1. The Bertz CT molecular complexity index is 585. The lowest BCUT2D eigenvalue weighted by Crippen LogP contribution is -2.09. The van der Waals surface area contributed by atoms with E-state index in [-0.39, 0.29) is 0 Å². The highest BCUT2D eigenvalue weighted by Gasteiger charge is 2.04. The highest BCUT2D eigenvalue weighted by atomic mass is 19.1. The fourth-order valence-corrected chi connectivity index (χ4v) is 1.79. The number of nitrogens with zero attached hydrogens (tertiary/aromatic N) is 1. The molecule has 0 radical (unpaired) electrons. The zero-order valence-corrected chi connectivity index (χ0v) is 11.0. The molecule has 0 saturated heterocycles. The molecule has 0 spiro atoms. The first-order valence-corrected chi connectivity index (χ1v) is 6.08. The summed E-state index contributed by atoms with van der Waals surface area (Å²) >= 11 is 0. The molecule has 4 nitrogen and oxygen atoms in total. The predicted octanol–water partition coefficient (Wildman–Crippen LogP) is 2.61. The van der Waals surface area contributed by atoms with E-state index in [2.05, 4.69) is 10.3 Å². The molecule has 0 amide bonds. The van der Waals surface area contributed by atoms with Crippen LogP contribution in [0.1, 0.15) is 5.56 Å². The maximum atomic E-state index is 13.0. The summed E-state index contributed by atoms with van der Waals surface area (Å²) in [4.78, 5) is 4.15. The molecule has 0 aliphatic rings. The van der Waals surface area contributed by atoms with Gasteiger partial charge in [-0.1, -0.05) is 0 Å². The van der Waals surface area contributed by atoms with Crippen LogP contribution in [0, 0.1) is 11.6 Å². The van der Waals surface area contributed by atoms with Crippen LogP contribution in [0.15, 0.2) is 30.3 Å². The molecule has 20 heavy (non-hydrogen) atoms. The van der Waals surface area contributed by atoms with Gasteiger partial charge in [-0.05, 0) is 30.2 Å². The molecule has 6 heteroatoms. The molecular formula is C14H15F2N3O. The van der Waals surface area contributed by atoms with E-state index in [4.69, 9.17) is 10.5 Å². The number of nitrogen functional groups attached to an aromatic ring is 1. The Hall–Kier alpha value is -2.37. The third-order valence-corrected chi connectivity index (χ3v) is 2.74. The molecule has 0 aliphatic carbocycles. The molecule has 0 bridgehead atoms. The quantitative estimate of drug-likeness (QED) is 0.883. The van der Waals surface area contributed by atoms with Crippen molar-refractivity contribution >= 4 is 11.5 Å². The summed E-state index contributed by atoms with van der Waals surface area (Å²) in [7, 11) is 1.51. The molecule has 0 fully saturated rings. The molecule has 1 aromatic carbocycles. The van der Waals surface area contributed by atoms with Gasteiger partial charge in [-0.3, -0.25) is 0 Å². The van der Waals surface area contributed by atoms with Gasteiger partial charge in [-0.25, -0.2) is 8.78 Å². The lowest BCUT2D eigenvalue weighted by atomic mass is 10.1. The maximum absolute atomic E-state index is 13.0. The lowest BCUT2D eigenvalue weighted by Gasteiger charge is -2.09. The van der Waals surface area contributed by atoms with Crippen molar-refractivity contribution < 1.29 is 13.5 Å². The van der Waals surface area contributed by atoms with E-state index in [0.717, 1.165) is 6.07 Å². The minimum absolute atomic E-state index is 0.443. The molecule has 1 aromatic heterocycles. The maximum Gasteiger partial charge on any atom is 0.215 e. The van der Waals surface area contributed by atoms with Crippen LogP contribution in [-0.2, 0) is 6.42 Å². The van der Waals surface area contributed by atoms with Crippen molar-refractivity contribution in [2.45, 2.75) is 6.42 Å². The van der Waals surface area contributed by atoms with Crippen molar-refractivity contribution in [1.29, 1.82) is 0 Å². The Morgan fingerprint density at radius 1 is 1.20 bits per heavy atom. The monoisotopic (exact) mass is 279 g/mol. The van der Waals surface area contributed by atoms with E-state index in [1.54, 1.807) is 12.1 Å². The number of methoxy groups -OCH3 is 1. The van der Waals surface area contributed by atoms with Gasteiger partial charge in [0.25, 0.3) is 0 Å². The average Bonchev–Trinajstić information content (AvgIpc) is 2.40. The Kier molecular flexibility index (Phi) is 4.34. The topological polar surface area (TPSA) is 60.2 Å². The van der Waals surface area contributed by atoms with Gasteiger partial charge >= 0.3 is 0 Å². The van der Waals surface area contributed by atoms with Gasteiger partial charge < -0.3 is 15.8 Å². The number of rotatable bonds is 5. The smallest absolute Gasteiger partial charge is 0.215 e. The zero-order valence-electron chi connectivity index (χ0n) is 11.0. The summed E-state index contributed by atoms with van der Waals surface area (Å²) in [6.45, 7) is 0.452. The summed E-state index contributed by atoms with van der Waals surface area (Å²) < 4.78 is 31.1. The van der Waals surface area contributed by atoms with Crippen molar-refractivity contribution in [3.63, 3.8) is 0 Å². The zero-order chi connectivity index (χ0) is 14.5. The Balaban J connectivity index is 1.99. The van der Waals surface area contributed by atoms with Crippen LogP contribution in [0.4, 0.5) is 20.3 Å². The molecule has 0 unspecified atom stereocenters. The number of hydrogen-bond donors (Lipinski definition) is 2. The van der Waals surface area contributed by atoms with Crippen molar-refractivity contribution in [1.82, 2.24) is 4.98 Å². The number of anilines is 2. The van der Waals surface area contributed by atoms with E-state index in [1.165, 1.54) is 19.2 Å². The van der Waals surface area contributed by atoms with Gasteiger partial charge in [-0.15, -0.1) is 0 Å². The predicted molar refractivity (Wildman–Crippen MR) is 73.8 cm³/mol. The second-order valence-corrected chi connectivity index (χ2v) is 4.25. The second kappa shape index (κ2) is 6.18. The van der Waals surface area contributed by atoms with Crippen LogP contribution >= 0.6 is 0 Å². The van der Waals surface area contributed by atoms with Gasteiger partial charge in [0, 0.05) is 18.7 Å². The number of hydrogen-bond acceptors (Lipinski definition) is 4. The van der Waals surface area contributed by atoms with Crippen molar-refractivity contribution in [3.8, 4) is 5.88 Å². The average molecular weight is 279 g/mol. The standard InChI is InChI=1S/C14H15F2N3O/c1-20-13-3-2-12(17)14(19-13)18-5-4-9-6-10(15)8-11(16)7-9/h2-3,6-8H,4-5,17H2,1H3,(H,18,19). The third kappa shape index (κ3) is 3.57. The molecule has 1 heterocycles. The molecule has 0 aliphatic heterocycles. The first-order valence-electron chi connectivity index (χ1n) is 6.08. The summed E-state index contributed by atoms with van der Waals surface area (Å²) in [5.74, 6) is -0.238. The second-order valence-electron chi connectivity index (χ2n) is 4.25. The first kappa shape index (κ1) is 14.0. The van der Waals surface area contributed by atoms with Gasteiger partial charge in [0.1, 0.15) is 11.6 Å². The number of halogens is 2. The summed E-state index contributed by atoms with van der Waals surface area (Å²) in [6, 6.07) is 6.78. The van der Waals surface area contributed by atoms with Crippen LogP contribution in [0.5, 0.6) is 5.88 Å². The molecule has 2 rings (SSSR count). The third-order valence-electron chi connectivity index (χ3n) is 2.74. The van der Waals surface area contributed by atoms with Crippen LogP contribution in [-0.4, -0.2) is 18.6 Å². The highest BCUT2D eigenvalue weighted by Crippen LogP contribution is 2.19. The molecule has 106 valence electrons. The van der Waals surface area contributed by atoms with Crippen molar-refractivity contribution in [2.24, 2.45) is 0 Å². The van der Waals surface area contributed by atoms with E-state index >= 15 is 0 Å². The minimum atomic E-state index is -0.584. The van der Waals surface area contributed by atoms with Crippen molar-refractivity contribution in [3.05, 3.63) is 47.5 Å². The molecular weight excluding hydrogens is 264 g/mol. The summed E-state index contributed by atoms with van der Waals surface area (Å²) in [5.41, 5.74) is 6.82. The molecule has 3 N–H and O–H groups in total. The van der Waals surface area contributed by atoms with Crippen LogP contribution in [0.2, 0.25) is 0 Å². The Labute approximate surface area is 115 Å². The van der Waals surface area contributed by atoms with E-state index in [0.29, 0.717) is 35.9 Å². The number of pyridine rings is 1. The van der Waals surface area contributed by atoms with Gasteiger partial charge in [0.05, 0.1) is 12.8 Å². The SMILES string of the molecule is COc1ccc(N)c(NCCc2cc(F)cc(F)c2)n1. The van der Waals surface area contributed by atoms with Crippen LogP contribution in [0.25, 0.3) is 0 Å².